The van der Waals surface area contributed by atoms with E-state index in [1.165, 1.54) is 0 Å². The van der Waals surface area contributed by atoms with Gasteiger partial charge in [-0.15, -0.1) is 0 Å². The van der Waals surface area contributed by atoms with Crippen LogP contribution in [0.4, 0.5) is 0 Å². The Morgan fingerprint density at radius 2 is 2.04 bits per heavy atom. The number of likely N-dealkylation sites (tertiary alicyclic amines) is 1. The first-order valence-corrected chi connectivity index (χ1v) is 8.93. The number of likely N-dealkylation sites (N-methyl/N-ethyl adjacent to an activating group) is 1. The topological polar surface area (TPSA) is 61.4 Å². The van der Waals surface area contributed by atoms with E-state index in [1.54, 1.807) is 0 Å². The smallest absolute Gasteiger partial charge is 0.245 e. The van der Waals surface area contributed by atoms with E-state index in [1.807, 2.05) is 49.2 Å². The fourth-order valence-electron chi connectivity index (χ4n) is 3.21. The number of carbonyl (C=O) groups excluding carboxylic acids is 2. The van der Waals surface area contributed by atoms with E-state index in [-0.39, 0.29) is 11.8 Å². The SMILES string of the molecule is CCCC(NC(=O)Cc1ccccc1)C(=O)N1CCCC(NC)C1. The van der Waals surface area contributed by atoms with Crippen LogP contribution in [0.5, 0.6) is 0 Å². The predicted molar refractivity (Wildman–Crippen MR) is 95.6 cm³/mol. The van der Waals surface area contributed by atoms with Crippen LogP contribution < -0.4 is 10.6 Å². The largest absolute Gasteiger partial charge is 0.344 e. The second-order valence-electron chi connectivity index (χ2n) is 6.48. The Kier molecular flexibility index (Phi) is 7.25. The Morgan fingerprint density at radius 3 is 2.71 bits per heavy atom. The lowest BCUT2D eigenvalue weighted by atomic mass is 10.0. The summed E-state index contributed by atoms with van der Waals surface area (Å²) in [5.41, 5.74) is 0.964. The van der Waals surface area contributed by atoms with E-state index < -0.39 is 6.04 Å². The van der Waals surface area contributed by atoms with Crippen LogP contribution in [-0.2, 0) is 16.0 Å². The summed E-state index contributed by atoms with van der Waals surface area (Å²) in [7, 11) is 1.93. The zero-order valence-electron chi connectivity index (χ0n) is 14.8. The summed E-state index contributed by atoms with van der Waals surface area (Å²) < 4.78 is 0. The van der Waals surface area contributed by atoms with Crippen molar-refractivity contribution in [3.63, 3.8) is 0 Å². The highest BCUT2D eigenvalue weighted by molar-refractivity contribution is 5.88. The van der Waals surface area contributed by atoms with Crippen molar-refractivity contribution in [3.8, 4) is 0 Å². The maximum atomic E-state index is 12.8. The molecule has 24 heavy (non-hydrogen) atoms. The van der Waals surface area contributed by atoms with Crippen molar-refractivity contribution in [2.45, 2.75) is 51.1 Å². The van der Waals surface area contributed by atoms with Gasteiger partial charge in [0.2, 0.25) is 11.8 Å². The summed E-state index contributed by atoms with van der Waals surface area (Å²) in [6, 6.07) is 9.56. The quantitative estimate of drug-likeness (QED) is 0.800. The van der Waals surface area contributed by atoms with Crippen LogP contribution in [0.3, 0.4) is 0 Å². The van der Waals surface area contributed by atoms with E-state index in [0.717, 1.165) is 37.9 Å². The number of hydrogen-bond donors (Lipinski definition) is 2. The number of benzene rings is 1. The van der Waals surface area contributed by atoms with Crippen LogP contribution in [0.1, 0.15) is 38.2 Å². The fourth-order valence-corrected chi connectivity index (χ4v) is 3.21. The van der Waals surface area contributed by atoms with Gasteiger partial charge in [-0.2, -0.15) is 0 Å². The average Bonchev–Trinajstić information content (AvgIpc) is 2.61. The van der Waals surface area contributed by atoms with Gasteiger partial charge in [0.1, 0.15) is 6.04 Å². The molecule has 2 unspecified atom stereocenters. The molecule has 1 saturated heterocycles. The summed E-state index contributed by atoms with van der Waals surface area (Å²) in [6.07, 6.45) is 3.96. The Labute approximate surface area is 144 Å². The Morgan fingerprint density at radius 1 is 1.29 bits per heavy atom. The average molecular weight is 331 g/mol. The third-order valence-electron chi connectivity index (χ3n) is 4.56. The van der Waals surface area contributed by atoms with Crippen molar-refractivity contribution in [1.82, 2.24) is 15.5 Å². The van der Waals surface area contributed by atoms with Crippen LogP contribution >= 0.6 is 0 Å². The molecule has 2 rings (SSSR count). The van der Waals surface area contributed by atoms with Crippen LogP contribution in [0.2, 0.25) is 0 Å². The predicted octanol–water partition coefficient (Wildman–Crippen LogP) is 1.72. The van der Waals surface area contributed by atoms with E-state index >= 15 is 0 Å². The fraction of sp³-hybridized carbons (Fsp3) is 0.579. The van der Waals surface area contributed by atoms with Crippen LogP contribution in [0.25, 0.3) is 0 Å². The molecular formula is C19H29N3O2. The van der Waals surface area contributed by atoms with Gasteiger partial charge in [-0.1, -0.05) is 43.7 Å². The molecule has 1 aliphatic rings. The van der Waals surface area contributed by atoms with Crippen LogP contribution in [-0.4, -0.2) is 48.9 Å². The minimum absolute atomic E-state index is 0.0539. The highest BCUT2D eigenvalue weighted by Crippen LogP contribution is 2.13. The monoisotopic (exact) mass is 331 g/mol. The number of hydrogen-bond acceptors (Lipinski definition) is 3. The number of nitrogens with zero attached hydrogens (tertiary/aromatic N) is 1. The highest BCUT2D eigenvalue weighted by Gasteiger charge is 2.28. The molecule has 5 heteroatoms. The molecule has 0 spiro atoms. The molecule has 2 atom stereocenters. The van der Waals surface area contributed by atoms with Crippen molar-refractivity contribution >= 4 is 11.8 Å². The zero-order valence-corrected chi connectivity index (χ0v) is 14.8. The van der Waals surface area contributed by atoms with Crippen molar-refractivity contribution in [2.75, 3.05) is 20.1 Å². The summed E-state index contributed by atoms with van der Waals surface area (Å²) in [5, 5.41) is 6.20. The van der Waals surface area contributed by atoms with Crippen LogP contribution in [0.15, 0.2) is 30.3 Å². The van der Waals surface area contributed by atoms with Gasteiger partial charge in [0.25, 0.3) is 0 Å². The molecule has 0 saturated carbocycles. The first kappa shape index (κ1) is 18.5. The Balaban J connectivity index is 1.94. The lowest BCUT2D eigenvalue weighted by Crippen LogP contribution is -2.54. The van der Waals surface area contributed by atoms with Gasteiger partial charge in [-0.05, 0) is 31.9 Å². The second-order valence-corrected chi connectivity index (χ2v) is 6.48. The maximum absolute atomic E-state index is 12.8. The van der Waals surface area contributed by atoms with Crippen LogP contribution in [0, 0.1) is 0 Å². The van der Waals surface area contributed by atoms with E-state index in [9.17, 15) is 9.59 Å². The van der Waals surface area contributed by atoms with Gasteiger partial charge < -0.3 is 15.5 Å². The van der Waals surface area contributed by atoms with Gasteiger partial charge >= 0.3 is 0 Å². The molecule has 5 nitrogen and oxygen atoms in total. The second kappa shape index (κ2) is 9.42. The molecule has 2 N–H and O–H groups in total. The lowest BCUT2D eigenvalue weighted by molar-refractivity contribution is -0.137. The molecule has 1 aromatic rings. The first-order valence-electron chi connectivity index (χ1n) is 8.93. The van der Waals surface area contributed by atoms with Gasteiger partial charge in [-0.3, -0.25) is 9.59 Å². The zero-order chi connectivity index (χ0) is 17.4. The van der Waals surface area contributed by atoms with E-state index in [0.29, 0.717) is 18.9 Å². The standard InChI is InChI=1S/C19H29N3O2/c1-3-8-17(19(24)22-12-7-11-16(14-22)20-2)21-18(23)13-15-9-5-4-6-10-15/h4-6,9-10,16-17,20H,3,7-8,11-14H2,1-2H3,(H,21,23). The van der Waals surface area contributed by atoms with Gasteiger partial charge in [0.15, 0.2) is 0 Å². The summed E-state index contributed by atoms with van der Waals surface area (Å²) in [6.45, 7) is 3.55. The Bertz CT molecular complexity index is 533. The molecule has 0 aliphatic carbocycles. The van der Waals surface area contributed by atoms with E-state index in [4.69, 9.17) is 0 Å². The minimum atomic E-state index is -0.415. The van der Waals surface area contributed by atoms with Crippen molar-refractivity contribution in [1.29, 1.82) is 0 Å². The van der Waals surface area contributed by atoms with Crippen molar-refractivity contribution < 1.29 is 9.59 Å². The van der Waals surface area contributed by atoms with Crippen molar-refractivity contribution in [3.05, 3.63) is 35.9 Å². The molecule has 1 aliphatic heterocycles. The van der Waals surface area contributed by atoms with Gasteiger partial charge in [0, 0.05) is 19.1 Å². The normalized spacial score (nSPS) is 18.9. The lowest BCUT2D eigenvalue weighted by Gasteiger charge is -2.35. The number of carbonyl (C=O) groups is 2. The first-order chi connectivity index (χ1) is 11.6. The molecular weight excluding hydrogens is 302 g/mol. The molecule has 0 aromatic heterocycles. The molecule has 1 aromatic carbocycles. The van der Waals surface area contributed by atoms with E-state index in [2.05, 4.69) is 10.6 Å². The Hall–Kier alpha value is -1.88. The minimum Gasteiger partial charge on any atom is -0.344 e. The molecule has 1 heterocycles. The molecule has 0 bridgehead atoms. The highest BCUT2D eigenvalue weighted by atomic mass is 16.2. The maximum Gasteiger partial charge on any atom is 0.245 e. The number of piperidine rings is 1. The van der Waals surface area contributed by atoms with Crippen molar-refractivity contribution in [2.24, 2.45) is 0 Å². The van der Waals surface area contributed by atoms with Gasteiger partial charge in [0.05, 0.1) is 6.42 Å². The third kappa shape index (κ3) is 5.34. The number of rotatable bonds is 7. The van der Waals surface area contributed by atoms with Gasteiger partial charge in [-0.25, -0.2) is 0 Å². The summed E-state index contributed by atoms with van der Waals surface area (Å²) in [5.74, 6) is -0.0339. The summed E-state index contributed by atoms with van der Waals surface area (Å²) in [4.78, 5) is 27.0. The number of amides is 2. The third-order valence-corrected chi connectivity index (χ3v) is 4.56. The molecule has 132 valence electrons. The number of nitrogens with one attached hydrogen (secondary N) is 2. The molecule has 2 amide bonds. The summed E-state index contributed by atoms with van der Waals surface area (Å²) >= 11 is 0. The molecule has 0 radical (unpaired) electrons. The molecule has 1 fully saturated rings.